The van der Waals surface area contributed by atoms with Crippen LogP contribution >= 0.6 is 0 Å². The lowest BCUT2D eigenvalue weighted by Crippen LogP contribution is -2.05. The van der Waals surface area contributed by atoms with Crippen LogP contribution in [-0.4, -0.2) is 23.3 Å². The number of benzene rings is 1. The van der Waals surface area contributed by atoms with Gasteiger partial charge in [-0.3, -0.25) is 0 Å². The number of hydrogen-bond acceptors (Lipinski definition) is 6. The zero-order valence-corrected chi connectivity index (χ0v) is 10.5. The second kappa shape index (κ2) is 6.34. The van der Waals surface area contributed by atoms with Crippen molar-refractivity contribution in [2.24, 2.45) is 5.16 Å². The Hall–Kier alpha value is -2.63. The van der Waals surface area contributed by atoms with Crippen LogP contribution in [0, 0.1) is 0 Å². The van der Waals surface area contributed by atoms with Crippen LogP contribution in [0.3, 0.4) is 0 Å². The number of nitrogens with two attached hydrogens (primary N) is 1. The van der Waals surface area contributed by atoms with Crippen molar-refractivity contribution in [3.8, 4) is 5.88 Å². The fourth-order valence-electron chi connectivity index (χ4n) is 1.46. The summed E-state index contributed by atoms with van der Waals surface area (Å²) in [5.74, 6) is 0.663. The summed E-state index contributed by atoms with van der Waals surface area (Å²) in [5.41, 5.74) is 7.29. The van der Waals surface area contributed by atoms with Gasteiger partial charge in [-0.05, 0) is 5.56 Å². The molecule has 6 nitrogen and oxygen atoms in total. The topological polar surface area (TPSA) is 82.6 Å². The van der Waals surface area contributed by atoms with Crippen molar-refractivity contribution in [2.45, 2.75) is 6.61 Å². The standard InChI is InChI=1S/C13H14N4O2/c1-18-17-7-11-12(14)15-9-16-13(11)19-8-10-5-3-2-4-6-10/h2-7,9H,8H2,1H3,(H2,14,15,16). The minimum absolute atomic E-state index is 0.291. The molecule has 19 heavy (non-hydrogen) atoms. The second-order valence-electron chi connectivity index (χ2n) is 3.67. The Bertz CT molecular complexity index is 558. The van der Waals surface area contributed by atoms with Crippen molar-refractivity contribution in [3.05, 3.63) is 47.8 Å². The SMILES string of the molecule is CON=Cc1c(N)ncnc1OCc1ccccc1. The molecule has 1 heterocycles. The van der Waals surface area contributed by atoms with Gasteiger partial charge < -0.3 is 15.3 Å². The molecule has 0 saturated carbocycles. The average Bonchev–Trinajstić information content (AvgIpc) is 2.45. The molecular formula is C13H14N4O2. The summed E-state index contributed by atoms with van der Waals surface area (Å²) in [7, 11) is 1.45. The van der Waals surface area contributed by atoms with Crippen LogP contribution in [0.1, 0.15) is 11.1 Å². The van der Waals surface area contributed by atoms with Gasteiger partial charge in [-0.2, -0.15) is 0 Å². The van der Waals surface area contributed by atoms with Crippen LogP contribution in [-0.2, 0) is 11.4 Å². The lowest BCUT2D eigenvalue weighted by Gasteiger charge is -2.08. The van der Waals surface area contributed by atoms with Crippen LogP contribution < -0.4 is 10.5 Å². The number of hydrogen-bond donors (Lipinski definition) is 1. The van der Waals surface area contributed by atoms with Gasteiger partial charge in [-0.25, -0.2) is 9.97 Å². The maximum atomic E-state index is 5.75. The van der Waals surface area contributed by atoms with Gasteiger partial charge in [0, 0.05) is 0 Å². The van der Waals surface area contributed by atoms with E-state index in [-0.39, 0.29) is 0 Å². The number of nitrogens with zero attached hydrogens (tertiary/aromatic N) is 3. The van der Waals surface area contributed by atoms with Gasteiger partial charge in [0.1, 0.15) is 31.4 Å². The highest BCUT2D eigenvalue weighted by atomic mass is 16.6. The Morgan fingerprint density at radius 2 is 2.05 bits per heavy atom. The number of anilines is 1. The van der Waals surface area contributed by atoms with Crippen molar-refractivity contribution in [3.63, 3.8) is 0 Å². The van der Waals surface area contributed by atoms with Gasteiger partial charge >= 0.3 is 0 Å². The quantitative estimate of drug-likeness (QED) is 0.651. The molecule has 0 saturated heterocycles. The van der Waals surface area contributed by atoms with Gasteiger partial charge in [-0.15, -0.1) is 0 Å². The minimum Gasteiger partial charge on any atom is -0.472 e. The monoisotopic (exact) mass is 258 g/mol. The summed E-state index contributed by atoms with van der Waals surface area (Å²) in [6.07, 6.45) is 2.77. The van der Waals surface area contributed by atoms with Gasteiger partial charge in [0.15, 0.2) is 0 Å². The Morgan fingerprint density at radius 1 is 1.26 bits per heavy atom. The van der Waals surface area contributed by atoms with Gasteiger partial charge in [-0.1, -0.05) is 35.5 Å². The molecule has 98 valence electrons. The Morgan fingerprint density at radius 3 is 2.79 bits per heavy atom. The molecule has 0 atom stereocenters. The molecular weight excluding hydrogens is 244 g/mol. The number of rotatable bonds is 5. The molecule has 1 aromatic carbocycles. The van der Waals surface area contributed by atoms with E-state index in [1.165, 1.54) is 19.7 Å². The van der Waals surface area contributed by atoms with Crippen molar-refractivity contribution in [1.82, 2.24) is 9.97 Å². The lowest BCUT2D eigenvalue weighted by molar-refractivity contribution is 0.215. The second-order valence-corrected chi connectivity index (χ2v) is 3.67. The first-order valence-corrected chi connectivity index (χ1v) is 5.65. The smallest absolute Gasteiger partial charge is 0.228 e. The van der Waals surface area contributed by atoms with Gasteiger partial charge in [0.2, 0.25) is 5.88 Å². The number of aromatic nitrogens is 2. The Balaban J connectivity index is 2.16. The van der Waals surface area contributed by atoms with Crippen molar-refractivity contribution in [2.75, 3.05) is 12.8 Å². The third kappa shape index (κ3) is 3.41. The number of ether oxygens (including phenoxy) is 1. The average molecular weight is 258 g/mol. The predicted molar refractivity (Wildman–Crippen MR) is 71.8 cm³/mol. The van der Waals surface area contributed by atoms with Crippen molar-refractivity contribution < 1.29 is 9.57 Å². The molecule has 2 N–H and O–H groups in total. The van der Waals surface area contributed by atoms with Gasteiger partial charge in [0.05, 0.1) is 6.21 Å². The minimum atomic E-state index is 0.291. The van der Waals surface area contributed by atoms with Crippen molar-refractivity contribution >= 4 is 12.0 Å². The highest BCUT2D eigenvalue weighted by Crippen LogP contribution is 2.18. The molecule has 0 fully saturated rings. The molecule has 2 rings (SSSR count). The van der Waals surface area contributed by atoms with E-state index < -0.39 is 0 Å². The summed E-state index contributed by atoms with van der Waals surface area (Å²) >= 11 is 0. The highest BCUT2D eigenvalue weighted by molar-refractivity contribution is 5.87. The lowest BCUT2D eigenvalue weighted by atomic mass is 10.2. The largest absolute Gasteiger partial charge is 0.472 e. The summed E-state index contributed by atoms with van der Waals surface area (Å²) in [5, 5.41) is 3.65. The summed E-state index contributed by atoms with van der Waals surface area (Å²) in [4.78, 5) is 12.6. The van der Waals surface area contributed by atoms with E-state index in [1.807, 2.05) is 30.3 Å². The van der Waals surface area contributed by atoms with Crippen LogP contribution in [0.25, 0.3) is 0 Å². The Kier molecular flexibility index (Phi) is 4.28. The first kappa shape index (κ1) is 12.8. The molecule has 0 aliphatic heterocycles. The van der Waals surface area contributed by atoms with E-state index in [0.717, 1.165) is 5.56 Å². The Labute approximate surface area is 110 Å². The third-order valence-electron chi connectivity index (χ3n) is 2.38. The summed E-state index contributed by atoms with van der Waals surface area (Å²) < 4.78 is 5.62. The first-order chi connectivity index (χ1) is 9.31. The van der Waals surface area contributed by atoms with E-state index in [2.05, 4.69) is 20.0 Å². The van der Waals surface area contributed by atoms with Crippen LogP contribution in [0.5, 0.6) is 5.88 Å². The highest BCUT2D eigenvalue weighted by Gasteiger charge is 2.08. The first-order valence-electron chi connectivity index (χ1n) is 5.65. The molecule has 6 heteroatoms. The molecule has 0 amide bonds. The van der Waals surface area contributed by atoms with E-state index in [4.69, 9.17) is 10.5 Å². The molecule has 0 radical (unpaired) electrons. The van der Waals surface area contributed by atoms with Crippen LogP contribution in [0.15, 0.2) is 41.8 Å². The molecule has 1 aromatic heterocycles. The van der Waals surface area contributed by atoms with E-state index in [1.54, 1.807) is 0 Å². The van der Waals surface area contributed by atoms with E-state index in [9.17, 15) is 0 Å². The summed E-state index contributed by atoms with van der Waals surface area (Å²) in [6, 6.07) is 9.77. The molecule has 0 unspecified atom stereocenters. The van der Waals surface area contributed by atoms with E-state index >= 15 is 0 Å². The molecule has 0 aliphatic carbocycles. The maximum absolute atomic E-state index is 5.75. The summed E-state index contributed by atoms with van der Waals surface area (Å²) in [6.45, 7) is 0.394. The fourth-order valence-corrected chi connectivity index (χ4v) is 1.46. The third-order valence-corrected chi connectivity index (χ3v) is 2.38. The molecule has 2 aromatic rings. The zero-order valence-electron chi connectivity index (χ0n) is 10.5. The number of oxime groups is 1. The predicted octanol–water partition coefficient (Wildman–Crippen LogP) is 1.62. The zero-order chi connectivity index (χ0) is 13.5. The van der Waals surface area contributed by atoms with Crippen LogP contribution in [0.2, 0.25) is 0 Å². The fraction of sp³-hybridized carbons (Fsp3) is 0.154. The molecule has 0 spiro atoms. The van der Waals surface area contributed by atoms with Crippen LogP contribution in [0.4, 0.5) is 5.82 Å². The molecule has 0 bridgehead atoms. The van der Waals surface area contributed by atoms with E-state index in [0.29, 0.717) is 23.9 Å². The van der Waals surface area contributed by atoms with Gasteiger partial charge in [0.25, 0.3) is 0 Å². The maximum Gasteiger partial charge on any atom is 0.228 e. The van der Waals surface area contributed by atoms with Crippen molar-refractivity contribution in [1.29, 1.82) is 0 Å². The normalized spacial score (nSPS) is 10.6. The molecule has 0 aliphatic rings. The number of nitrogen functional groups attached to an aromatic ring is 1.